The Balaban J connectivity index is 2.49. The average molecular weight is 608 g/mol. The fourth-order valence-corrected chi connectivity index (χ4v) is 5.19. The molecule has 0 aromatic carbocycles. The number of hydrogen-bond acceptors (Lipinski definition) is 15. The van der Waals surface area contributed by atoms with Gasteiger partial charge < -0.3 is 34.3 Å². The Morgan fingerprint density at radius 1 is 0.919 bits per heavy atom. The van der Waals surface area contributed by atoms with Gasteiger partial charge in [0.25, 0.3) is 0 Å². The van der Waals surface area contributed by atoms with Crippen LogP contribution in [-0.2, 0) is 63.2 Å². The van der Waals surface area contributed by atoms with Gasteiger partial charge in [-0.1, -0.05) is 0 Å². The van der Waals surface area contributed by atoms with Gasteiger partial charge in [-0.2, -0.15) is 30.0 Å². The Bertz CT molecular complexity index is 1120. The van der Waals surface area contributed by atoms with E-state index in [0.29, 0.717) is 0 Å². The van der Waals surface area contributed by atoms with Crippen molar-refractivity contribution in [3.8, 4) is 0 Å². The summed E-state index contributed by atoms with van der Waals surface area (Å²) in [5.74, 6) is -1.75. The van der Waals surface area contributed by atoms with Crippen LogP contribution >= 0.6 is 0 Å². The number of hydrogen-bond donors (Lipinski definition) is 7. The molecule has 10 atom stereocenters. The van der Waals surface area contributed by atoms with E-state index in [0.717, 1.165) is 14.0 Å². The van der Waals surface area contributed by atoms with E-state index in [2.05, 4.69) is 8.37 Å². The van der Waals surface area contributed by atoms with E-state index in [1.165, 1.54) is 0 Å². The third-order valence-electron chi connectivity index (χ3n) is 5.19. The Hall–Kier alpha value is -1.16. The predicted octanol–water partition coefficient (Wildman–Crippen LogP) is -4.53. The van der Waals surface area contributed by atoms with Crippen molar-refractivity contribution in [2.75, 3.05) is 13.7 Å². The van der Waals surface area contributed by atoms with Gasteiger partial charge in [-0.15, -0.1) is 0 Å². The Morgan fingerprint density at radius 2 is 1.51 bits per heavy atom. The first-order valence-corrected chi connectivity index (χ1v) is 14.0. The lowest BCUT2D eigenvalue weighted by atomic mass is 9.93. The van der Waals surface area contributed by atoms with Gasteiger partial charge in [-0.3, -0.25) is 13.7 Å². The number of methoxy groups -OCH3 is 1. The summed E-state index contributed by atoms with van der Waals surface area (Å²) in [6.45, 7) is 0.0587. The molecule has 2 saturated heterocycles. The number of rotatable bonds is 11. The predicted molar refractivity (Wildman–Crippen MR) is 111 cm³/mol. The highest BCUT2D eigenvalue weighted by Gasteiger charge is 2.54. The van der Waals surface area contributed by atoms with E-state index in [1.54, 1.807) is 4.72 Å². The summed E-state index contributed by atoms with van der Waals surface area (Å²) in [7, 11) is -14.5. The summed E-state index contributed by atoms with van der Waals surface area (Å²) in [6, 6.07) is -1.72. The first-order valence-electron chi connectivity index (χ1n) is 9.84. The largest absolute Gasteiger partial charge is 0.479 e. The number of carbonyl (C=O) groups is 1. The Labute approximate surface area is 210 Å². The van der Waals surface area contributed by atoms with Gasteiger partial charge in [0.15, 0.2) is 18.5 Å². The number of aliphatic hydroxyl groups is 2. The van der Waals surface area contributed by atoms with Crippen LogP contribution in [0.4, 0.5) is 0 Å². The summed E-state index contributed by atoms with van der Waals surface area (Å²) in [5.41, 5.74) is 0. The average Bonchev–Trinajstić information content (AvgIpc) is 2.71. The molecule has 0 spiro atoms. The molecule has 37 heavy (non-hydrogen) atoms. The molecule has 0 aromatic heterocycles. The first kappa shape index (κ1) is 32.1. The highest BCUT2D eigenvalue weighted by Crippen LogP contribution is 2.32. The molecular formula is C14H25NO19S3. The topological polar surface area (TPSA) is 308 Å². The van der Waals surface area contributed by atoms with Gasteiger partial charge in [0.1, 0.15) is 30.5 Å². The van der Waals surface area contributed by atoms with Crippen LogP contribution < -0.4 is 4.72 Å². The Kier molecular flexibility index (Phi) is 10.3. The van der Waals surface area contributed by atoms with E-state index in [1.807, 2.05) is 0 Å². The van der Waals surface area contributed by atoms with E-state index in [-0.39, 0.29) is 0 Å². The van der Waals surface area contributed by atoms with Crippen molar-refractivity contribution in [3.05, 3.63) is 0 Å². The van der Waals surface area contributed by atoms with Crippen LogP contribution in [0, 0.1) is 0 Å². The highest BCUT2D eigenvalue weighted by molar-refractivity contribution is 7.83. The van der Waals surface area contributed by atoms with Crippen LogP contribution in [0.2, 0.25) is 0 Å². The molecule has 0 saturated carbocycles. The lowest BCUT2D eigenvalue weighted by Crippen LogP contribution is -2.67. The molecule has 2 aliphatic rings. The third-order valence-corrected chi connectivity index (χ3v) is 6.66. The number of ether oxygens (including phenoxy) is 4. The fourth-order valence-electron chi connectivity index (χ4n) is 3.73. The van der Waals surface area contributed by atoms with E-state index in [9.17, 15) is 45.4 Å². The molecule has 2 heterocycles. The molecular weight excluding hydrogens is 582 g/mol. The minimum atomic E-state index is -5.38. The summed E-state index contributed by atoms with van der Waals surface area (Å²) < 4.78 is 125. The summed E-state index contributed by atoms with van der Waals surface area (Å²) >= 11 is 0. The molecule has 20 nitrogen and oxygen atoms in total. The fraction of sp³-hybridized carbons (Fsp3) is 0.929. The summed E-state index contributed by atoms with van der Waals surface area (Å²) in [6.07, 6.45) is -17.8. The van der Waals surface area contributed by atoms with Gasteiger partial charge in [-0.25, -0.2) is 13.2 Å². The zero-order valence-electron chi connectivity index (χ0n) is 18.7. The second-order valence-electron chi connectivity index (χ2n) is 7.74. The molecule has 218 valence electrons. The van der Waals surface area contributed by atoms with Gasteiger partial charge in [0.05, 0.1) is 18.8 Å². The number of aliphatic carboxylic acids is 1. The van der Waals surface area contributed by atoms with Gasteiger partial charge in [-0.05, 0) is 6.92 Å². The first-order chi connectivity index (χ1) is 16.7. The van der Waals surface area contributed by atoms with Crippen LogP contribution in [0.1, 0.15) is 6.92 Å². The minimum Gasteiger partial charge on any atom is -0.479 e. The maximum atomic E-state index is 11.6. The lowest BCUT2D eigenvalue weighted by Gasteiger charge is -2.47. The van der Waals surface area contributed by atoms with Crippen LogP contribution in [-0.4, -0.2) is 135 Å². The molecule has 0 amide bonds. The van der Waals surface area contributed by atoms with Crippen LogP contribution in [0.15, 0.2) is 0 Å². The highest BCUT2D eigenvalue weighted by atomic mass is 32.3. The maximum Gasteiger partial charge on any atom is 0.397 e. The summed E-state index contributed by atoms with van der Waals surface area (Å²) in [4.78, 5) is 11.6. The molecule has 4 unspecified atom stereocenters. The van der Waals surface area contributed by atoms with Gasteiger partial charge in [0.2, 0.25) is 0 Å². The molecule has 2 aliphatic heterocycles. The molecule has 0 bridgehead atoms. The standard InChI is InChI=1S/C14H25NO19S3/c1-4-6(15-35(20,21)22)7(16)9(5(31-4)3-30-36(23,24)25)32-14-11(34-37(26,27)28)8(17)10(29-2)12(33-14)13(18)19/h4-12,14-17H,3H2,1-2H3,(H,18,19)(H,20,21,22)(H,23,24,25)(H,26,27,28)/t4-,5?,6?,7-,8+,9-,10+,11?,12?,14-/m1/s1. The normalized spacial score (nSPS) is 37.8. The van der Waals surface area contributed by atoms with Crippen molar-refractivity contribution in [1.29, 1.82) is 0 Å². The quantitative estimate of drug-likeness (QED) is 0.109. The molecule has 23 heteroatoms. The second kappa shape index (κ2) is 11.9. The molecule has 0 radical (unpaired) electrons. The summed E-state index contributed by atoms with van der Waals surface area (Å²) in [5, 5.41) is 30.7. The van der Waals surface area contributed by atoms with Gasteiger partial charge in [0, 0.05) is 7.11 Å². The van der Waals surface area contributed by atoms with E-state index in [4.69, 9.17) is 32.6 Å². The van der Waals surface area contributed by atoms with Crippen LogP contribution in [0.25, 0.3) is 0 Å². The number of carboxylic acid groups (broad SMARTS) is 1. The minimum absolute atomic E-state index is 0.924. The number of nitrogens with one attached hydrogen (secondary N) is 1. The van der Waals surface area contributed by atoms with Crippen molar-refractivity contribution >= 4 is 37.1 Å². The van der Waals surface area contributed by atoms with E-state index < -0.39 is 105 Å². The lowest BCUT2D eigenvalue weighted by molar-refractivity contribution is -0.327. The molecule has 7 N–H and O–H groups in total. The van der Waals surface area contributed by atoms with Gasteiger partial charge >= 0.3 is 37.1 Å². The van der Waals surface area contributed by atoms with Crippen LogP contribution in [0.5, 0.6) is 0 Å². The van der Waals surface area contributed by atoms with Crippen molar-refractivity contribution in [2.24, 2.45) is 0 Å². The molecule has 2 rings (SSSR count). The van der Waals surface area contributed by atoms with Crippen molar-refractivity contribution < 1.29 is 86.3 Å². The Morgan fingerprint density at radius 3 is 1.97 bits per heavy atom. The van der Waals surface area contributed by atoms with Crippen molar-refractivity contribution in [1.82, 2.24) is 4.72 Å². The zero-order valence-corrected chi connectivity index (χ0v) is 21.1. The zero-order chi connectivity index (χ0) is 28.5. The molecule has 0 aromatic rings. The van der Waals surface area contributed by atoms with Crippen LogP contribution in [0.3, 0.4) is 0 Å². The monoisotopic (exact) mass is 607 g/mol. The number of aliphatic hydroxyl groups excluding tert-OH is 2. The maximum absolute atomic E-state index is 11.6. The second-order valence-corrected chi connectivity index (χ2v) is 11.1. The van der Waals surface area contributed by atoms with Crippen molar-refractivity contribution in [3.63, 3.8) is 0 Å². The SMILES string of the molecule is CO[C@@H]1C(C(=O)O)O[C@@H](O[C@@H]2C(COS(=O)(=O)O)O[C@H](C)C(NS(=O)(=O)O)[C@H]2O)C(OS(=O)(=O)O)[C@H]1O. The molecule has 2 fully saturated rings. The third kappa shape index (κ3) is 8.94. The molecule has 0 aliphatic carbocycles. The van der Waals surface area contributed by atoms with Crippen molar-refractivity contribution in [2.45, 2.75) is 68.1 Å². The number of carboxylic acids is 1. The smallest absolute Gasteiger partial charge is 0.397 e. The van der Waals surface area contributed by atoms with E-state index >= 15 is 0 Å².